The maximum Gasteiger partial charge on any atom is 0.128 e. The van der Waals surface area contributed by atoms with Gasteiger partial charge in [-0.25, -0.2) is 4.39 Å². The first-order valence-electron chi connectivity index (χ1n) is 7.05. The molecule has 106 valence electrons. The topological polar surface area (TPSA) is 15.3 Å². The quantitative estimate of drug-likeness (QED) is 0.889. The Morgan fingerprint density at radius 2 is 2.05 bits per heavy atom. The minimum atomic E-state index is -0.146. The molecule has 0 saturated carbocycles. The monoisotopic (exact) mass is 328 g/mol. The number of likely N-dealkylation sites (tertiary alicyclic amines) is 1. The predicted octanol–water partition coefficient (Wildman–Crippen LogP) is 3.55. The number of hydrogen-bond acceptors (Lipinski definition) is 2. The third-order valence-electron chi connectivity index (χ3n) is 3.64. The molecule has 4 heteroatoms. The molecule has 1 atom stereocenters. The minimum absolute atomic E-state index is 0.146. The van der Waals surface area contributed by atoms with E-state index in [1.54, 1.807) is 0 Å². The average molecular weight is 329 g/mol. The molecule has 0 bridgehead atoms. The van der Waals surface area contributed by atoms with Crippen molar-refractivity contribution in [1.29, 1.82) is 0 Å². The SMILES string of the molecule is CC(CN1CCCCC1)NCc1ccc(Br)cc1F. The van der Waals surface area contributed by atoms with Crippen molar-refractivity contribution in [3.8, 4) is 0 Å². The summed E-state index contributed by atoms with van der Waals surface area (Å²) in [6.07, 6.45) is 3.99. The largest absolute Gasteiger partial charge is 0.309 e. The molecular formula is C15H22BrFN2. The van der Waals surface area contributed by atoms with E-state index in [2.05, 4.69) is 33.1 Å². The molecule has 1 aliphatic heterocycles. The lowest BCUT2D eigenvalue weighted by atomic mass is 10.1. The fourth-order valence-electron chi connectivity index (χ4n) is 2.54. The molecule has 1 N–H and O–H groups in total. The van der Waals surface area contributed by atoms with Crippen molar-refractivity contribution in [3.63, 3.8) is 0 Å². The van der Waals surface area contributed by atoms with Gasteiger partial charge in [0.2, 0.25) is 0 Å². The van der Waals surface area contributed by atoms with E-state index in [9.17, 15) is 4.39 Å². The first-order valence-corrected chi connectivity index (χ1v) is 7.84. The third kappa shape index (κ3) is 4.86. The Hall–Kier alpha value is -0.450. The lowest BCUT2D eigenvalue weighted by Gasteiger charge is -2.29. The number of rotatable bonds is 5. The maximum absolute atomic E-state index is 13.7. The molecule has 1 aromatic carbocycles. The molecule has 1 unspecified atom stereocenters. The van der Waals surface area contributed by atoms with Gasteiger partial charge in [-0.2, -0.15) is 0 Å². The summed E-state index contributed by atoms with van der Waals surface area (Å²) in [5.41, 5.74) is 0.730. The van der Waals surface area contributed by atoms with E-state index in [0.29, 0.717) is 12.6 Å². The van der Waals surface area contributed by atoms with Crippen LogP contribution in [0, 0.1) is 5.82 Å². The highest BCUT2D eigenvalue weighted by Gasteiger charge is 2.13. The van der Waals surface area contributed by atoms with E-state index in [4.69, 9.17) is 0 Å². The van der Waals surface area contributed by atoms with Crippen molar-refractivity contribution in [1.82, 2.24) is 10.2 Å². The molecule has 1 aliphatic rings. The second kappa shape index (κ2) is 7.36. The highest BCUT2D eigenvalue weighted by molar-refractivity contribution is 9.10. The van der Waals surface area contributed by atoms with Gasteiger partial charge < -0.3 is 10.2 Å². The fourth-order valence-corrected chi connectivity index (χ4v) is 2.88. The molecule has 0 radical (unpaired) electrons. The number of nitrogens with zero attached hydrogens (tertiary/aromatic N) is 1. The van der Waals surface area contributed by atoms with Crippen LogP contribution in [0.4, 0.5) is 4.39 Å². The van der Waals surface area contributed by atoms with Gasteiger partial charge in [-0.3, -0.25) is 0 Å². The van der Waals surface area contributed by atoms with Crippen LogP contribution in [0.2, 0.25) is 0 Å². The van der Waals surface area contributed by atoms with Crippen molar-refractivity contribution >= 4 is 15.9 Å². The van der Waals surface area contributed by atoms with Crippen LogP contribution in [0.1, 0.15) is 31.7 Å². The van der Waals surface area contributed by atoms with E-state index in [1.807, 2.05) is 12.1 Å². The van der Waals surface area contributed by atoms with Crippen LogP contribution in [-0.2, 0) is 6.54 Å². The first-order chi connectivity index (χ1) is 9.15. The Labute approximate surface area is 123 Å². The third-order valence-corrected chi connectivity index (χ3v) is 4.13. The zero-order valence-corrected chi connectivity index (χ0v) is 13.0. The molecule has 1 aromatic rings. The molecule has 2 nitrogen and oxygen atoms in total. The van der Waals surface area contributed by atoms with Gasteiger partial charge in [-0.15, -0.1) is 0 Å². The van der Waals surface area contributed by atoms with Crippen molar-refractivity contribution < 1.29 is 4.39 Å². The van der Waals surface area contributed by atoms with Gasteiger partial charge in [-0.1, -0.05) is 28.4 Å². The van der Waals surface area contributed by atoms with E-state index in [-0.39, 0.29) is 5.82 Å². The highest BCUT2D eigenvalue weighted by atomic mass is 79.9. The zero-order chi connectivity index (χ0) is 13.7. The van der Waals surface area contributed by atoms with E-state index in [0.717, 1.165) is 16.6 Å². The summed E-state index contributed by atoms with van der Waals surface area (Å²) in [4.78, 5) is 2.50. The normalized spacial score (nSPS) is 18.5. The van der Waals surface area contributed by atoms with E-state index in [1.165, 1.54) is 38.4 Å². The van der Waals surface area contributed by atoms with Crippen LogP contribution < -0.4 is 5.32 Å². The number of nitrogens with one attached hydrogen (secondary N) is 1. The number of piperidine rings is 1. The standard InChI is InChI=1S/C15H22BrFN2/c1-12(11-19-7-3-2-4-8-19)18-10-13-5-6-14(16)9-15(13)17/h5-6,9,12,18H,2-4,7-8,10-11H2,1H3. The van der Waals surface area contributed by atoms with Gasteiger partial charge in [0, 0.05) is 29.2 Å². The van der Waals surface area contributed by atoms with Gasteiger partial charge in [0.25, 0.3) is 0 Å². The van der Waals surface area contributed by atoms with Gasteiger partial charge in [0.05, 0.1) is 0 Å². The molecule has 0 aliphatic carbocycles. The van der Waals surface area contributed by atoms with Crippen LogP contribution >= 0.6 is 15.9 Å². The van der Waals surface area contributed by atoms with Crippen molar-refractivity contribution in [3.05, 3.63) is 34.1 Å². The van der Waals surface area contributed by atoms with Gasteiger partial charge >= 0.3 is 0 Å². The number of halogens is 2. The van der Waals surface area contributed by atoms with Crippen LogP contribution in [0.3, 0.4) is 0 Å². The van der Waals surface area contributed by atoms with Crippen LogP contribution in [-0.4, -0.2) is 30.6 Å². The summed E-state index contributed by atoms with van der Waals surface area (Å²) in [7, 11) is 0. The average Bonchev–Trinajstić information content (AvgIpc) is 2.39. The minimum Gasteiger partial charge on any atom is -0.309 e. The van der Waals surface area contributed by atoms with Crippen molar-refractivity contribution in [2.75, 3.05) is 19.6 Å². The predicted molar refractivity (Wildman–Crippen MR) is 80.7 cm³/mol. The molecule has 1 saturated heterocycles. The zero-order valence-electron chi connectivity index (χ0n) is 11.5. The Morgan fingerprint density at radius 1 is 1.32 bits per heavy atom. The number of benzene rings is 1. The number of hydrogen-bond donors (Lipinski definition) is 1. The summed E-state index contributed by atoms with van der Waals surface area (Å²) in [5.74, 6) is -0.146. The fraction of sp³-hybridized carbons (Fsp3) is 0.600. The molecule has 0 amide bonds. The Balaban J connectivity index is 1.77. The van der Waals surface area contributed by atoms with Crippen LogP contribution in [0.5, 0.6) is 0 Å². The van der Waals surface area contributed by atoms with Gasteiger partial charge in [0.1, 0.15) is 5.82 Å². The van der Waals surface area contributed by atoms with Crippen LogP contribution in [0.15, 0.2) is 22.7 Å². The Morgan fingerprint density at radius 3 is 2.74 bits per heavy atom. The summed E-state index contributed by atoms with van der Waals surface area (Å²) in [6.45, 7) is 6.23. The van der Waals surface area contributed by atoms with Crippen LogP contribution in [0.25, 0.3) is 0 Å². The highest BCUT2D eigenvalue weighted by Crippen LogP contribution is 2.15. The summed E-state index contributed by atoms with van der Waals surface area (Å²) < 4.78 is 14.5. The Kier molecular flexibility index (Phi) is 5.79. The first kappa shape index (κ1) is 14.9. The maximum atomic E-state index is 13.7. The molecule has 0 spiro atoms. The van der Waals surface area contributed by atoms with E-state index < -0.39 is 0 Å². The van der Waals surface area contributed by atoms with Gasteiger partial charge in [-0.05, 0) is 45.0 Å². The molecule has 19 heavy (non-hydrogen) atoms. The smallest absolute Gasteiger partial charge is 0.128 e. The summed E-state index contributed by atoms with van der Waals surface area (Å²) in [6, 6.07) is 5.63. The molecule has 0 aromatic heterocycles. The molecular weight excluding hydrogens is 307 g/mol. The lowest BCUT2D eigenvalue weighted by molar-refractivity contribution is 0.208. The van der Waals surface area contributed by atoms with Crippen molar-refractivity contribution in [2.24, 2.45) is 0 Å². The lowest BCUT2D eigenvalue weighted by Crippen LogP contribution is -2.41. The summed E-state index contributed by atoms with van der Waals surface area (Å²) >= 11 is 3.27. The van der Waals surface area contributed by atoms with Crippen molar-refractivity contribution in [2.45, 2.75) is 38.8 Å². The molecule has 1 heterocycles. The molecule has 2 rings (SSSR count). The summed E-state index contributed by atoms with van der Waals surface area (Å²) in [5, 5.41) is 3.41. The molecule has 1 fully saturated rings. The van der Waals surface area contributed by atoms with Gasteiger partial charge in [0.15, 0.2) is 0 Å². The Bertz CT molecular complexity index is 405. The second-order valence-electron chi connectivity index (χ2n) is 5.38. The van der Waals surface area contributed by atoms with E-state index >= 15 is 0 Å². The second-order valence-corrected chi connectivity index (χ2v) is 6.29.